The molecule has 1 rings (SSSR count). The van der Waals surface area contributed by atoms with E-state index < -0.39 is 0 Å². The standard InChI is InChI=1S/C9H10.C6H10O/c1-3-9-7-5-4-6-8(9)2;1-3-5-6(7)4-2/h3-7H,1H2,2H3;3,5H,4H2,1-2H3/b;5-3-. The normalized spacial score (nSPS) is 9.44. The number of rotatable bonds is 3. The molecule has 0 fully saturated rings. The van der Waals surface area contributed by atoms with Crippen molar-refractivity contribution in [1.82, 2.24) is 0 Å². The number of carbonyl (C=O) groups is 1. The molecule has 1 aromatic rings. The predicted molar refractivity (Wildman–Crippen MR) is 71.4 cm³/mol. The lowest BCUT2D eigenvalue weighted by Gasteiger charge is -1.95. The number of carbonyl (C=O) groups excluding carboxylic acids is 1. The maximum atomic E-state index is 10.3. The van der Waals surface area contributed by atoms with E-state index in [9.17, 15) is 4.79 Å². The summed E-state index contributed by atoms with van der Waals surface area (Å²) in [5.41, 5.74) is 2.50. The van der Waals surface area contributed by atoms with E-state index in [4.69, 9.17) is 0 Å². The Morgan fingerprint density at radius 2 is 2.00 bits per heavy atom. The molecule has 1 nitrogen and oxygen atoms in total. The maximum absolute atomic E-state index is 10.3. The largest absolute Gasteiger partial charge is 0.295 e. The molecule has 1 aromatic carbocycles. The summed E-state index contributed by atoms with van der Waals surface area (Å²) in [7, 11) is 0. The highest BCUT2D eigenvalue weighted by molar-refractivity contribution is 5.89. The summed E-state index contributed by atoms with van der Waals surface area (Å²) in [6.07, 6.45) is 5.82. The first kappa shape index (κ1) is 14.4. The van der Waals surface area contributed by atoms with Crippen LogP contribution in [0.4, 0.5) is 0 Å². The average molecular weight is 216 g/mol. The van der Waals surface area contributed by atoms with Gasteiger partial charge in [0.05, 0.1) is 0 Å². The Morgan fingerprint density at radius 3 is 2.31 bits per heavy atom. The van der Waals surface area contributed by atoms with Crippen LogP contribution in [0.25, 0.3) is 6.08 Å². The molecule has 0 bridgehead atoms. The van der Waals surface area contributed by atoms with Crippen molar-refractivity contribution in [3.63, 3.8) is 0 Å². The molecule has 0 aliphatic rings. The second-order valence-corrected chi connectivity index (χ2v) is 3.38. The molecule has 0 saturated carbocycles. The summed E-state index contributed by atoms with van der Waals surface area (Å²) in [6.45, 7) is 9.46. The highest BCUT2D eigenvalue weighted by Gasteiger charge is 1.86. The van der Waals surface area contributed by atoms with Crippen LogP contribution in [-0.4, -0.2) is 5.78 Å². The monoisotopic (exact) mass is 216 g/mol. The highest BCUT2D eigenvalue weighted by atomic mass is 16.1. The number of hydrogen-bond donors (Lipinski definition) is 0. The summed E-state index contributed by atoms with van der Waals surface area (Å²) >= 11 is 0. The fourth-order valence-corrected chi connectivity index (χ4v) is 1.12. The Labute approximate surface area is 98.5 Å². The molecular formula is C15H20O. The molecule has 16 heavy (non-hydrogen) atoms. The second kappa shape index (κ2) is 8.66. The average Bonchev–Trinajstić information content (AvgIpc) is 2.31. The zero-order chi connectivity index (χ0) is 12.4. The first-order valence-electron chi connectivity index (χ1n) is 5.49. The van der Waals surface area contributed by atoms with Gasteiger partial charge in [-0.05, 0) is 31.1 Å². The van der Waals surface area contributed by atoms with Crippen molar-refractivity contribution in [3.05, 3.63) is 54.1 Å². The van der Waals surface area contributed by atoms with Gasteiger partial charge in [-0.25, -0.2) is 0 Å². The van der Waals surface area contributed by atoms with Gasteiger partial charge in [0.2, 0.25) is 0 Å². The summed E-state index contributed by atoms with van der Waals surface area (Å²) in [6, 6.07) is 8.19. The summed E-state index contributed by atoms with van der Waals surface area (Å²) < 4.78 is 0. The molecule has 86 valence electrons. The molecule has 0 heterocycles. The van der Waals surface area contributed by atoms with Crippen LogP contribution in [0.1, 0.15) is 31.4 Å². The third kappa shape index (κ3) is 5.97. The van der Waals surface area contributed by atoms with E-state index >= 15 is 0 Å². The van der Waals surface area contributed by atoms with Crippen LogP contribution >= 0.6 is 0 Å². The molecule has 0 aliphatic carbocycles. The van der Waals surface area contributed by atoms with Crippen LogP contribution in [0.15, 0.2) is 43.0 Å². The lowest BCUT2D eigenvalue weighted by Crippen LogP contribution is -1.84. The third-order valence-electron chi connectivity index (χ3n) is 2.11. The molecule has 0 radical (unpaired) electrons. The van der Waals surface area contributed by atoms with E-state index in [1.807, 2.05) is 32.1 Å². The Hall–Kier alpha value is -1.63. The van der Waals surface area contributed by atoms with Gasteiger partial charge in [-0.1, -0.05) is 49.9 Å². The molecule has 0 aliphatic heterocycles. The van der Waals surface area contributed by atoms with Crippen molar-refractivity contribution >= 4 is 11.9 Å². The van der Waals surface area contributed by atoms with Gasteiger partial charge in [-0.3, -0.25) is 4.79 Å². The molecular weight excluding hydrogens is 196 g/mol. The van der Waals surface area contributed by atoms with E-state index in [0.29, 0.717) is 6.42 Å². The molecule has 0 unspecified atom stereocenters. The Balaban J connectivity index is 0.000000293. The van der Waals surface area contributed by atoms with E-state index in [-0.39, 0.29) is 5.78 Å². The highest BCUT2D eigenvalue weighted by Crippen LogP contribution is 2.06. The van der Waals surface area contributed by atoms with Crippen LogP contribution in [0.3, 0.4) is 0 Å². The molecule has 1 heteroatoms. The van der Waals surface area contributed by atoms with Gasteiger partial charge < -0.3 is 0 Å². The van der Waals surface area contributed by atoms with Gasteiger partial charge >= 0.3 is 0 Å². The van der Waals surface area contributed by atoms with Crippen molar-refractivity contribution in [2.45, 2.75) is 27.2 Å². The number of allylic oxidation sites excluding steroid dienone is 2. The van der Waals surface area contributed by atoms with Crippen LogP contribution in [0.5, 0.6) is 0 Å². The third-order valence-corrected chi connectivity index (χ3v) is 2.11. The molecule has 0 amide bonds. The Kier molecular flexibility index (Phi) is 7.78. The first-order chi connectivity index (χ1) is 7.65. The van der Waals surface area contributed by atoms with Crippen LogP contribution in [0.2, 0.25) is 0 Å². The maximum Gasteiger partial charge on any atom is 0.155 e. The van der Waals surface area contributed by atoms with Gasteiger partial charge in [-0.15, -0.1) is 0 Å². The minimum atomic E-state index is 0.197. The predicted octanol–water partition coefficient (Wildman–Crippen LogP) is 4.18. The smallest absolute Gasteiger partial charge is 0.155 e. The van der Waals surface area contributed by atoms with Gasteiger partial charge in [0.1, 0.15) is 0 Å². The van der Waals surface area contributed by atoms with Gasteiger partial charge in [0.25, 0.3) is 0 Å². The zero-order valence-electron chi connectivity index (χ0n) is 10.4. The molecule has 0 aromatic heterocycles. The summed E-state index contributed by atoms with van der Waals surface area (Å²) in [5, 5.41) is 0. The van der Waals surface area contributed by atoms with E-state index in [0.717, 1.165) is 0 Å². The lowest BCUT2D eigenvalue weighted by atomic mass is 10.1. The minimum Gasteiger partial charge on any atom is -0.295 e. The van der Waals surface area contributed by atoms with Crippen LogP contribution in [-0.2, 0) is 4.79 Å². The SMILES string of the molecule is C/C=C\C(=O)CC.C=Cc1ccccc1C. The topological polar surface area (TPSA) is 17.1 Å². The van der Waals surface area contributed by atoms with E-state index in [1.165, 1.54) is 11.1 Å². The first-order valence-corrected chi connectivity index (χ1v) is 5.49. The van der Waals surface area contributed by atoms with Crippen LogP contribution < -0.4 is 0 Å². The number of hydrogen-bond acceptors (Lipinski definition) is 1. The quantitative estimate of drug-likeness (QED) is 0.693. The van der Waals surface area contributed by atoms with Gasteiger partial charge in [0, 0.05) is 6.42 Å². The van der Waals surface area contributed by atoms with Crippen molar-refractivity contribution in [2.75, 3.05) is 0 Å². The van der Waals surface area contributed by atoms with Crippen molar-refractivity contribution < 1.29 is 4.79 Å². The molecule has 0 N–H and O–H groups in total. The summed E-state index contributed by atoms with van der Waals surface area (Å²) in [5.74, 6) is 0.197. The van der Waals surface area contributed by atoms with Crippen LogP contribution in [0, 0.1) is 6.92 Å². The summed E-state index contributed by atoms with van der Waals surface area (Å²) in [4.78, 5) is 10.3. The lowest BCUT2D eigenvalue weighted by molar-refractivity contribution is -0.114. The second-order valence-electron chi connectivity index (χ2n) is 3.38. The van der Waals surface area contributed by atoms with E-state index in [2.05, 4.69) is 25.6 Å². The van der Waals surface area contributed by atoms with E-state index in [1.54, 1.807) is 12.2 Å². The van der Waals surface area contributed by atoms with Crippen molar-refractivity contribution in [2.24, 2.45) is 0 Å². The fourth-order valence-electron chi connectivity index (χ4n) is 1.12. The van der Waals surface area contributed by atoms with Gasteiger partial charge in [0.15, 0.2) is 5.78 Å². The molecule has 0 atom stereocenters. The Bertz CT molecular complexity index is 361. The number of aryl methyl sites for hydroxylation is 1. The Morgan fingerprint density at radius 1 is 1.38 bits per heavy atom. The molecule has 0 spiro atoms. The zero-order valence-corrected chi connectivity index (χ0v) is 10.4. The van der Waals surface area contributed by atoms with Crippen molar-refractivity contribution in [3.8, 4) is 0 Å². The number of ketones is 1. The fraction of sp³-hybridized carbons (Fsp3) is 0.267. The number of benzene rings is 1. The minimum absolute atomic E-state index is 0.197. The van der Waals surface area contributed by atoms with Crippen molar-refractivity contribution in [1.29, 1.82) is 0 Å². The van der Waals surface area contributed by atoms with Gasteiger partial charge in [-0.2, -0.15) is 0 Å². The molecule has 0 saturated heterocycles.